The number of amides is 1. The second-order valence-corrected chi connectivity index (χ2v) is 8.38. The maximum atomic E-state index is 13.3. The maximum absolute atomic E-state index is 13.3. The number of carbonyl (C=O) groups is 1. The van der Waals surface area contributed by atoms with Crippen molar-refractivity contribution in [1.82, 2.24) is 15.1 Å². The number of hydrogen-bond acceptors (Lipinski definition) is 4. The van der Waals surface area contributed by atoms with Crippen molar-refractivity contribution in [2.75, 3.05) is 0 Å². The Morgan fingerprint density at radius 2 is 1.68 bits per heavy atom. The van der Waals surface area contributed by atoms with Gasteiger partial charge in [-0.3, -0.25) is 4.79 Å². The summed E-state index contributed by atoms with van der Waals surface area (Å²) in [5, 5.41) is 17.2. The third kappa shape index (κ3) is 6.26. The number of aliphatic hydroxyl groups excluding tert-OH is 1. The Balaban J connectivity index is 0.00000380. The van der Waals surface area contributed by atoms with E-state index in [2.05, 4.69) is 10.4 Å². The minimum Gasteiger partial charge on any atom is -0.484 e. The van der Waals surface area contributed by atoms with Gasteiger partial charge < -0.3 is 15.2 Å². The third-order valence-corrected chi connectivity index (χ3v) is 5.64. The van der Waals surface area contributed by atoms with E-state index in [1.807, 2.05) is 0 Å². The molecule has 4 rings (SSSR count). The second-order valence-electron chi connectivity index (χ2n) is 8.38. The summed E-state index contributed by atoms with van der Waals surface area (Å²) in [5.74, 6) is -0.611. The molecule has 2 N–H and O–H groups in total. The zero-order valence-electron chi connectivity index (χ0n) is 19.3. The molecule has 0 spiro atoms. The van der Waals surface area contributed by atoms with E-state index in [0.717, 1.165) is 17.6 Å². The van der Waals surface area contributed by atoms with Crippen molar-refractivity contribution in [3.63, 3.8) is 0 Å². The number of aromatic nitrogens is 2. The van der Waals surface area contributed by atoms with E-state index in [0.29, 0.717) is 22.4 Å². The molecule has 0 fully saturated rings. The molecule has 37 heavy (non-hydrogen) atoms. The molecule has 1 heterocycles. The Labute approximate surface area is 211 Å². The van der Waals surface area contributed by atoms with Crippen LogP contribution in [-0.4, -0.2) is 32.9 Å². The quantitative estimate of drug-likeness (QED) is 0.303. The van der Waals surface area contributed by atoms with Gasteiger partial charge in [-0.1, -0.05) is 19.6 Å². The van der Waals surface area contributed by atoms with Crippen LogP contribution in [0.4, 0.5) is 17.6 Å². The number of nitrogens with zero attached hydrogens (tertiary/aromatic N) is 2. The SMILES string of the molecule is C.C[C@H](NC(=O)[C@@H](C)O)[C@H](Oc1ccc2c(cnn2-c2ccc(F)cc2)c1)c1ccc(C(F)(F)F)cc1. The lowest BCUT2D eigenvalue weighted by Crippen LogP contribution is -2.43. The number of aliphatic hydroxyl groups is 1. The molecule has 0 saturated carbocycles. The van der Waals surface area contributed by atoms with Gasteiger partial charge in [0.2, 0.25) is 5.91 Å². The van der Waals surface area contributed by atoms with Gasteiger partial charge in [0.15, 0.2) is 0 Å². The van der Waals surface area contributed by atoms with Crippen LogP contribution in [0.15, 0.2) is 72.9 Å². The zero-order chi connectivity index (χ0) is 26.0. The molecule has 3 atom stereocenters. The lowest BCUT2D eigenvalue weighted by atomic mass is 10.0. The normalized spacial score (nSPS) is 13.9. The molecule has 0 unspecified atom stereocenters. The summed E-state index contributed by atoms with van der Waals surface area (Å²) in [7, 11) is 0. The number of nitrogens with one attached hydrogen (secondary N) is 1. The molecule has 0 radical (unpaired) electrons. The number of benzene rings is 3. The first kappa shape index (κ1) is 27.7. The highest BCUT2D eigenvalue weighted by Crippen LogP contribution is 2.33. The number of carbonyl (C=O) groups excluding carboxylic acids is 1. The molecule has 0 aliphatic carbocycles. The van der Waals surface area contributed by atoms with Gasteiger partial charge in [0.1, 0.15) is 23.8 Å². The highest BCUT2D eigenvalue weighted by atomic mass is 19.4. The van der Waals surface area contributed by atoms with Gasteiger partial charge in [0, 0.05) is 5.39 Å². The molecule has 0 aliphatic heterocycles. The minimum absolute atomic E-state index is 0. The molecule has 3 aromatic carbocycles. The fraction of sp³-hybridized carbons (Fsp3) is 0.259. The van der Waals surface area contributed by atoms with Gasteiger partial charge >= 0.3 is 6.18 Å². The number of halogens is 4. The van der Waals surface area contributed by atoms with Crippen LogP contribution in [0.2, 0.25) is 0 Å². The van der Waals surface area contributed by atoms with Crippen LogP contribution in [-0.2, 0) is 11.0 Å². The first-order valence-corrected chi connectivity index (χ1v) is 11.1. The van der Waals surface area contributed by atoms with Crippen LogP contribution in [0, 0.1) is 5.82 Å². The Bertz CT molecular complexity index is 1350. The number of ether oxygens (including phenoxy) is 1. The topological polar surface area (TPSA) is 76.4 Å². The van der Waals surface area contributed by atoms with Crippen LogP contribution in [0.1, 0.15) is 38.5 Å². The molecule has 1 amide bonds. The Kier molecular flexibility index (Phi) is 8.22. The smallest absolute Gasteiger partial charge is 0.416 e. The largest absolute Gasteiger partial charge is 0.484 e. The van der Waals surface area contributed by atoms with Crippen molar-refractivity contribution in [3.8, 4) is 11.4 Å². The lowest BCUT2D eigenvalue weighted by molar-refractivity contribution is -0.137. The molecular formula is C27H27F4N3O3. The summed E-state index contributed by atoms with van der Waals surface area (Å²) in [5.41, 5.74) is 0.997. The number of hydrogen-bond donors (Lipinski definition) is 2. The van der Waals surface area contributed by atoms with Gasteiger partial charge in [-0.2, -0.15) is 18.3 Å². The van der Waals surface area contributed by atoms with Crippen LogP contribution >= 0.6 is 0 Å². The average molecular weight is 518 g/mol. The first-order chi connectivity index (χ1) is 17.0. The van der Waals surface area contributed by atoms with E-state index < -0.39 is 35.9 Å². The predicted molar refractivity (Wildman–Crippen MR) is 132 cm³/mol. The first-order valence-electron chi connectivity index (χ1n) is 11.1. The molecule has 196 valence electrons. The summed E-state index contributed by atoms with van der Waals surface area (Å²) in [6.45, 7) is 2.94. The molecule has 6 nitrogen and oxygen atoms in total. The monoisotopic (exact) mass is 517 g/mol. The Hall–Kier alpha value is -3.92. The summed E-state index contributed by atoms with van der Waals surface area (Å²) < 4.78 is 60.2. The van der Waals surface area contributed by atoms with Crippen LogP contribution < -0.4 is 10.1 Å². The number of rotatable bonds is 7. The van der Waals surface area contributed by atoms with Gasteiger partial charge in [0.05, 0.1) is 29.0 Å². The van der Waals surface area contributed by atoms with Gasteiger partial charge in [0.25, 0.3) is 0 Å². The van der Waals surface area contributed by atoms with Gasteiger partial charge in [-0.25, -0.2) is 9.07 Å². The number of alkyl halides is 3. The minimum atomic E-state index is -4.49. The van der Waals surface area contributed by atoms with E-state index >= 15 is 0 Å². The van der Waals surface area contributed by atoms with Crippen molar-refractivity contribution in [2.45, 2.75) is 45.7 Å². The van der Waals surface area contributed by atoms with Crippen LogP contribution in [0.5, 0.6) is 5.75 Å². The zero-order valence-corrected chi connectivity index (χ0v) is 19.3. The summed E-state index contributed by atoms with van der Waals surface area (Å²) in [6, 6.07) is 14.8. The lowest BCUT2D eigenvalue weighted by Gasteiger charge is -2.27. The highest BCUT2D eigenvalue weighted by molar-refractivity contribution is 5.82. The van der Waals surface area contributed by atoms with Crippen LogP contribution in [0.3, 0.4) is 0 Å². The summed E-state index contributed by atoms with van der Waals surface area (Å²) in [6.07, 6.45) is -5.01. The van der Waals surface area contributed by atoms with E-state index in [1.165, 1.54) is 31.2 Å². The second kappa shape index (κ2) is 11.0. The van der Waals surface area contributed by atoms with E-state index in [9.17, 15) is 27.5 Å². The molecule has 4 aromatic rings. The summed E-state index contributed by atoms with van der Waals surface area (Å²) in [4.78, 5) is 12.1. The molecular weight excluding hydrogens is 490 g/mol. The van der Waals surface area contributed by atoms with Crippen molar-refractivity contribution >= 4 is 16.8 Å². The fourth-order valence-electron chi connectivity index (χ4n) is 3.76. The third-order valence-electron chi connectivity index (χ3n) is 5.64. The molecule has 0 aliphatic rings. The van der Waals surface area contributed by atoms with E-state index in [1.54, 1.807) is 48.1 Å². The molecule has 0 bridgehead atoms. The molecule has 0 saturated heterocycles. The number of fused-ring (bicyclic) bond motifs is 1. The van der Waals surface area contributed by atoms with Gasteiger partial charge in [-0.05, 0) is 74.0 Å². The van der Waals surface area contributed by atoms with Crippen molar-refractivity contribution in [2.24, 2.45) is 0 Å². The molecule has 10 heteroatoms. The van der Waals surface area contributed by atoms with E-state index in [4.69, 9.17) is 4.74 Å². The van der Waals surface area contributed by atoms with Crippen LogP contribution in [0.25, 0.3) is 16.6 Å². The van der Waals surface area contributed by atoms with Gasteiger partial charge in [-0.15, -0.1) is 0 Å². The average Bonchev–Trinajstić information content (AvgIpc) is 3.25. The fourth-order valence-corrected chi connectivity index (χ4v) is 3.76. The maximum Gasteiger partial charge on any atom is 0.416 e. The summed E-state index contributed by atoms with van der Waals surface area (Å²) >= 11 is 0. The predicted octanol–water partition coefficient (Wildman–Crippen LogP) is 5.83. The Morgan fingerprint density at radius 1 is 1.03 bits per heavy atom. The molecule has 1 aromatic heterocycles. The van der Waals surface area contributed by atoms with Crippen molar-refractivity contribution in [3.05, 3.63) is 89.9 Å². The standard InChI is InChI=1S/C26H23F4N3O3.CH4/c1-15(32-25(35)16(2)34)24(17-3-5-19(6-4-17)26(28,29)30)36-22-11-12-23-18(13-22)14-31-33(23)21-9-7-20(27)8-10-21;/h3-16,24,34H,1-2H3,(H,32,35);1H4/t15-,16+,24-;/m0./s1. The highest BCUT2D eigenvalue weighted by Gasteiger charge is 2.31. The van der Waals surface area contributed by atoms with Crippen molar-refractivity contribution < 1.29 is 32.2 Å². The van der Waals surface area contributed by atoms with E-state index in [-0.39, 0.29) is 13.2 Å². The Morgan fingerprint density at radius 3 is 2.27 bits per heavy atom. The van der Waals surface area contributed by atoms with Crippen molar-refractivity contribution in [1.29, 1.82) is 0 Å².